The zero-order chi connectivity index (χ0) is 27.2. The van der Waals surface area contributed by atoms with E-state index in [0.29, 0.717) is 34.9 Å². The highest BCUT2D eigenvalue weighted by Crippen LogP contribution is 2.37. The Balaban J connectivity index is 1.24. The maximum atomic E-state index is 13.4. The number of nitrogens with two attached hydrogens (primary N) is 1. The minimum Gasteiger partial charge on any atom is -0.495 e. The molecular weight excluding hydrogens is 508 g/mol. The van der Waals surface area contributed by atoms with E-state index in [0.717, 1.165) is 63.1 Å². The number of allylic oxidation sites excluding steroid dienone is 4. The molecule has 5 N–H and O–H groups in total. The topological polar surface area (TPSA) is 112 Å². The van der Waals surface area contributed by atoms with Gasteiger partial charge in [-0.25, -0.2) is 0 Å². The molecule has 208 valence electrons. The standard InChI is InChI=1S/C31H40N4O3S/c32-28-10-7-23(31(37)34-30(22-3-1-2-4-22)24-13-18-39-20-24)19-27(28)29(33)21-5-8-25(9-6-21)38-26-11-14-35(15-12-26)16-17-36/h5,7-8,10,13,18-20,22,26,30,33,36H,1-4,6,9,11-12,14-17,32H2,(H,34,37). The summed E-state index contributed by atoms with van der Waals surface area (Å²) >= 11 is 1.66. The number of ether oxygens (including phenoxy) is 1. The van der Waals surface area contributed by atoms with Crippen molar-refractivity contribution in [2.45, 2.75) is 63.5 Å². The van der Waals surface area contributed by atoms with Crippen molar-refractivity contribution in [1.82, 2.24) is 10.2 Å². The monoisotopic (exact) mass is 548 g/mol. The van der Waals surface area contributed by atoms with Gasteiger partial charge in [0.15, 0.2) is 0 Å². The number of anilines is 1. The molecular formula is C31H40N4O3S. The molecule has 5 rings (SSSR count). The van der Waals surface area contributed by atoms with Crippen LogP contribution in [-0.2, 0) is 4.74 Å². The Hall–Kier alpha value is -2.94. The molecule has 1 atom stereocenters. The summed E-state index contributed by atoms with van der Waals surface area (Å²) in [4.78, 5) is 15.7. The summed E-state index contributed by atoms with van der Waals surface area (Å²) in [6.45, 7) is 2.82. The van der Waals surface area contributed by atoms with Gasteiger partial charge in [0.2, 0.25) is 0 Å². The highest BCUT2D eigenvalue weighted by atomic mass is 32.1. The Morgan fingerprint density at radius 1 is 1.15 bits per heavy atom. The molecule has 1 aromatic carbocycles. The van der Waals surface area contributed by atoms with E-state index in [1.807, 2.05) is 12.2 Å². The number of amides is 1. The summed E-state index contributed by atoms with van der Waals surface area (Å²) in [6.07, 6.45) is 12.2. The Bertz CT molecular complexity index is 1210. The van der Waals surface area contributed by atoms with Crippen molar-refractivity contribution >= 4 is 28.6 Å². The van der Waals surface area contributed by atoms with E-state index < -0.39 is 0 Å². The second kappa shape index (κ2) is 12.9. The van der Waals surface area contributed by atoms with Crippen molar-refractivity contribution in [1.29, 1.82) is 5.41 Å². The van der Waals surface area contributed by atoms with Crippen LogP contribution in [0, 0.1) is 11.3 Å². The Morgan fingerprint density at radius 2 is 1.95 bits per heavy atom. The molecule has 2 fully saturated rings. The number of likely N-dealkylation sites (tertiary alicyclic amines) is 1. The van der Waals surface area contributed by atoms with Gasteiger partial charge in [0, 0.05) is 42.9 Å². The van der Waals surface area contributed by atoms with Crippen LogP contribution in [0.4, 0.5) is 5.69 Å². The Kier molecular flexibility index (Phi) is 9.17. The molecule has 2 aromatic rings. The molecule has 39 heavy (non-hydrogen) atoms. The Labute approximate surface area is 235 Å². The molecule has 8 heteroatoms. The lowest BCUT2D eigenvalue weighted by Crippen LogP contribution is -2.38. The van der Waals surface area contributed by atoms with Crippen molar-refractivity contribution in [2.24, 2.45) is 5.92 Å². The number of thiophene rings is 1. The lowest BCUT2D eigenvalue weighted by Gasteiger charge is -2.32. The van der Waals surface area contributed by atoms with E-state index >= 15 is 0 Å². The van der Waals surface area contributed by atoms with Crippen molar-refractivity contribution in [2.75, 3.05) is 32.0 Å². The number of nitrogen functional groups attached to an aromatic ring is 1. The van der Waals surface area contributed by atoms with E-state index in [9.17, 15) is 4.79 Å². The van der Waals surface area contributed by atoms with Gasteiger partial charge in [0.1, 0.15) is 6.10 Å². The minimum atomic E-state index is -0.120. The van der Waals surface area contributed by atoms with Crippen LogP contribution in [0.5, 0.6) is 0 Å². The molecule has 1 saturated heterocycles. The van der Waals surface area contributed by atoms with Gasteiger partial charge in [-0.05, 0) is 90.3 Å². The molecule has 2 heterocycles. The smallest absolute Gasteiger partial charge is 0.251 e. The van der Waals surface area contributed by atoms with Gasteiger partial charge in [-0.2, -0.15) is 11.3 Å². The number of nitrogens with one attached hydrogen (secondary N) is 2. The van der Waals surface area contributed by atoms with Crippen molar-refractivity contribution in [3.8, 4) is 0 Å². The fraction of sp³-hybridized carbons (Fsp3) is 0.484. The molecule has 1 amide bonds. The quantitative estimate of drug-likeness (QED) is 0.233. The summed E-state index contributed by atoms with van der Waals surface area (Å²) in [5.74, 6) is 1.30. The van der Waals surface area contributed by atoms with Gasteiger partial charge in [-0.15, -0.1) is 0 Å². The SMILES string of the molecule is N=C(C1=CC=C(OC2CCN(CCO)CC2)CC1)c1cc(C(=O)NC(c2ccsc2)C2CCCC2)ccc1N. The largest absolute Gasteiger partial charge is 0.495 e. The number of carbonyl (C=O) groups excluding carboxylic acids is 1. The number of benzene rings is 1. The second-order valence-electron chi connectivity index (χ2n) is 10.9. The molecule has 1 unspecified atom stereocenters. The molecule has 2 aliphatic carbocycles. The maximum Gasteiger partial charge on any atom is 0.251 e. The van der Waals surface area contributed by atoms with Crippen LogP contribution < -0.4 is 11.1 Å². The number of piperidine rings is 1. The first-order valence-corrected chi connectivity index (χ1v) is 15.2. The average molecular weight is 549 g/mol. The van der Waals surface area contributed by atoms with Gasteiger partial charge in [-0.1, -0.05) is 18.9 Å². The molecule has 1 aliphatic heterocycles. The van der Waals surface area contributed by atoms with E-state index in [1.54, 1.807) is 29.5 Å². The van der Waals surface area contributed by atoms with Crippen LogP contribution in [0.25, 0.3) is 0 Å². The number of β-amino-alcohol motifs (C(OH)–C–C–N with tert-alkyl or cyclic N) is 1. The maximum absolute atomic E-state index is 13.4. The number of aliphatic hydroxyl groups is 1. The zero-order valence-corrected chi connectivity index (χ0v) is 23.3. The third-order valence-corrected chi connectivity index (χ3v) is 9.05. The van der Waals surface area contributed by atoms with Crippen LogP contribution in [0.3, 0.4) is 0 Å². The first-order valence-electron chi connectivity index (χ1n) is 14.2. The van der Waals surface area contributed by atoms with Gasteiger partial charge in [0.25, 0.3) is 5.91 Å². The molecule has 0 bridgehead atoms. The normalized spacial score (nSPS) is 19.8. The predicted octanol–water partition coefficient (Wildman–Crippen LogP) is 5.44. The highest BCUT2D eigenvalue weighted by Gasteiger charge is 2.29. The van der Waals surface area contributed by atoms with Crippen molar-refractivity contribution < 1.29 is 14.6 Å². The number of hydrogen-bond donors (Lipinski definition) is 4. The van der Waals surface area contributed by atoms with E-state index in [4.69, 9.17) is 21.0 Å². The summed E-state index contributed by atoms with van der Waals surface area (Å²) in [5, 5.41) is 25.5. The van der Waals surface area contributed by atoms with E-state index in [1.165, 1.54) is 18.4 Å². The number of aliphatic hydroxyl groups excluding tert-OH is 1. The van der Waals surface area contributed by atoms with E-state index in [2.05, 4.69) is 27.0 Å². The molecule has 1 aromatic heterocycles. The summed E-state index contributed by atoms with van der Waals surface area (Å²) in [6, 6.07) is 7.39. The number of rotatable bonds is 10. The fourth-order valence-electron chi connectivity index (χ4n) is 6.06. The third kappa shape index (κ3) is 6.80. The zero-order valence-electron chi connectivity index (χ0n) is 22.5. The van der Waals surface area contributed by atoms with Gasteiger partial charge >= 0.3 is 0 Å². The lowest BCUT2D eigenvalue weighted by atomic mass is 9.91. The second-order valence-corrected chi connectivity index (χ2v) is 11.7. The number of nitrogens with zero attached hydrogens (tertiary/aromatic N) is 1. The highest BCUT2D eigenvalue weighted by molar-refractivity contribution is 7.08. The fourth-order valence-corrected chi connectivity index (χ4v) is 6.76. The average Bonchev–Trinajstić information content (AvgIpc) is 3.69. The van der Waals surface area contributed by atoms with Crippen LogP contribution in [0.15, 0.2) is 58.5 Å². The summed E-state index contributed by atoms with van der Waals surface area (Å²) in [5.41, 5.74) is 10.4. The lowest BCUT2D eigenvalue weighted by molar-refractivity contribution is 0.0411. The molecule has 7 nitrogen and oxygen atoms in total. The first kappa shape index (κ1) is 27.6. The Morgan fingerprint density at radius 3 is 2.62 bits per heavy atom. The molecule has 0 spiro atoms. The predicted molar refractivity (Wildman–Crippen MR) is 157 cm³/mol. The van der Waals surface area contributed by atoms with Crippen LogP contribution >= 0.6 is 11.3 Å². The summed E-state index contributed by atoms with van der Waals surface area (Å²) in [7, 11) is 0. The summed E-state index contributed by atoms with van der Waals surface area (Å²) < 4.78 is 6.26. The van der Waals surface area contributed by atoms with Crippen LogP contribution in [0.2, 0.25) is 0 Å². The van der Waals surface area contributed by atoms with E-state index in [-0.39, 0.29) is 24.7 Å². The molecule has 0 radical (unpaired) electrons. The van der Waals surface area contributed by atoms with Crippen molar-refractivity contribution in [3.05, 3.63) is 75.2 Å². The van der Waals surface area contributed by atoms with Gasteiger partial charge < -0.3 is 25.8 Å². The number of hydrogen-bond acceptors (Lipinski definition) is 7. The molecule has 1 saturated carbocycles. The third-order valence-electron chi connectivity index (χ3n) is 8.35. The molecule has 3 aliphatic rings. The van der Waals surface area contributed by atoms with Gasteiger partial charge in [0.05, 0.1) is 24.1 Å². The number of carbonyl (C=O) groups is 1. The first-order chi connectivity index (χ1) is 19.0. The minimum absolute atomic E-state index is 0.0123. The van der Waals surface area contributed by atoms with Gasteiger partial charge in [-0.3, -0.25) is 10.2 Å². The van der Waals surface area contributed by atoms with Crippen molar-refractivity contribution in [3.63, 3.8) is 0 Å². The van der Waals surface area contributed by atoms with Crippen LogP contribution in [-0.4, -0.2) is 54.0 Å². The van der Waals surface area contributed by atoms with Crippen LogP contribution in [0.1, 0.15) is 78.9 Å².